The fourth-order valence-electron chi connectivity index (χ4n) is 2.53. The summed E-state index contributed by atoms with van der Waals surface area (Å²) in [7, 11) is 0. The zero-order valence-electron chi connectivity index (χ0n) is 12.1. The van der Waals surface area contributed by atoms with Gasteiger partial charge in [0.1, 0.15) is 5.82 Å². The number of anilines is 1. The molecule has 0 saturated carbocycles. The number of halogens is 2. The molecule has 1 atom stereocenters. The summed E-state index contributed by atoms with van der Waals surface area (Å²) in [6.07, 6.45) is 0. The van der Waals surface area contributed by atoms with Gasteiger partial charge in [-0.15, -0.1) is 0 Å². The summed E-state index contributed by atoms with van der Waals surface area (Å²) in [5.74, 6) is -0.191. The van der Waals surface area contributed by atoms with Crippen LogP contribution in [0.15, 0.2) is 16.6 Å². The standard InChI is InChI=1S/C15H22BrFN2/c1-10-7-12(17)11(16)8-13(10)19-6-5-18-14(9-19)15(2,3)4/h7-8,14,18H,5-6,9H2,1-4H3. The molecule has 0 amide bonds. The Morgan fingerprint density at radius 3 is 2.68 bits per heavy atom. The van der Waals surface area contributed by atoms with E-state index in [-0.39, 0.29) is 11.2 Å². The summed E-state index contributed by atoms with van der Waals surface area (Å²) in [5.41, 5.74) is 2.35. The molecule has 1 aromatic rings. The number of hydrogen-bond acceptors (Lipinski definition) is 2. The Balaban J connectivity index is 2.25. The molecule has 0 bridgehead atoms. The Kier molecular flexibility index (Phi) is 4.21. The largest absolute Gasteiger partial charge is 0.368 e. The highest BCUT2D eigenvalue weighted by Gasteiger charge is 2.29. The predicted octanol–water partition coefficient (Wildman–Crippen LogP) is 3.72. The van der Waals surface area contributed by atoms with Crippen molar-refractivity contribution in [2.45, 2.75) is 33.7 Å². The third kappa shape index (κ3) is 3.29. The van der Waals surface area contributed by atoms with Gasteiger partial charge in [-0.1, -0.05) is 20.8 Å². The number of aryl methyl sites for hydroxylation is 1. The summed E-state index contributed by atoms with van der Waals surface area (Å²) in [6, 6.07) is 3.95. The van der Waals surface area contributed by atoms with Gasteiger partial charge in [-0.3, -0.25) is 0 Å². The Morgan fingerprint density at radius 1 is 1.37 bits per heavy atom. The molecule has 0 radical (unpaired) electrons. The molecular formula is C15H22BrFN2. The molecule has 106 valence electrons. The molecular weight excluding hydrogens is 307 g/mol. The molecule has 1 N–H and O–H groups in total. The minimum Gasteiger partial charge on any atom is -0.368 e. The second-order valence-electron chi connectivity index (χ2n) is 6.37. The van der Waals surface area contributed by atoms with Crippen LogP contribution < -0.4 is 10.2 Å². The van der Waals surface area contributed by atoms with Crippen molar-refractivity contribution in [3.8, 4) is 0 Å². The summed E-state index contributed by atoms with van der Waals surface area (Å²) in [5, 5.41) is 3.58. The maximum absolute atomic E-state index is 13.5. The number of rotatable bonds is 1. The fourth-order valence-corrected chi connectivity index (χ4v) is 2.86. The van der Waals surface area contributed by atoms with Crippen LogP contribution in [0.3, 0.4) is 0 Å². The molecule has 2 rings (SSSR count). The van der Waals surface area contributed by atoms with E-state index in [1.165, 1.54) is 0 Å². The van der Waals surface area contributed by atoms with E-state index in [1.54, 1.807) is 6.07 Å². The Hall–Kier alpha value is -0.610. The normalized spacial score (nSPS) is 20.7. The van der Waals surface area contributed by atoms with Gasteiger partial charge in [-0.25, -0.2) is 4.39 Å². The first kappa shape index (κ1) is 14.8. The van der Waals surface area contributed by atoms with Crippen LogP contribution in [0.2, 0.25) is 0 Å². The van der Waals surface area contributed by atoms with Gasteiger partial charge in [0.2, 0.25) is 0 Å². The van der Waals surface area contributed by atoms with Crippen molar-refractivity contribution in [2.24, 2.45) is 5.41 Å². The molecule has 0 aliphatic carbocycles. The lowest BCUT2D eigenvalue weighted by Gasteiger charge is -2.42. The summed E-state index contributed by atoms with van der Waals surface area (Å²) in [4.78, 5) is 2.35. The molecule has 0 spiro atoms. The molecule has 2 nitrogen and oxygen atoms in total. The lowest BCUT2D eigenvalue weighted by Crippen LogP contribution is -2.56. The van der Waals surface area contributed by atoms with E-state index in [9.17, 15) is 4.39 Å². The van der Waals surface area contributed by atoms with Crippen LogP contribution in [0.5, 0.6) is 0 Å². The van der Waals surface area contributed by atoms with Crippen molar-refractivity contribution in [2.75, 3.05) is 24.5 Å². The monoisotopic (exact) mass is 328 g/mol. The number of nitrogens with one attached hydrogen (secondary N) is 1. The third-order valence-corrected chi connectivity index (χ3v) is 4.41. The van der Waals surface area contributed by atoms with Crippen LogP contribution in [0, 0.1) is 18.2 Å². The molecule has 19 heavy (non-hydrogen) atoms. The van der Waals surface area contributed by atoms with E-state index in [0.29, 0.717) is 10.5 Å². The molecule has 4 heteroatoms. The Morgan fingerprint density at radius 2 is 2.05 bits per heavy atom. The molecule has 0 aromatic heterocycles. The van der Waals surface area contributed by atoms with E-state index < -0.39 is 0 Å². The minimum atomic E-state index is -0.191. The van der Waals surface area contributed by atoms with E-state index in [4.69, 9.17) is 0 Å². The van der Waals surface area contributed by atoms with E-state index in [1.807, 2.05) is 13.0 Å². The summed E-state index contributed by atoms with van der Waals surface area (Å²) in [6.45, 7) is 11.6. The van der Waals surface area contributed by atoms with Crippen LogP contribution in [0.25, 0.3) is 0 Å². The Bertz CT molecular complexity index is 468. The Labute approximate surface area is 123 Å². The number of hydrogen-bond donors (Lipinski definition) is 1. The highest BCUT2D eigenvalue weighted by molar-refractivity contribution is 9.10. The SMILES string of the molecule is Cc1cc(F)c(Br)cc1N1CCNC(C(C)(C)C)C1. The molecule has 1 saturated heterocycles. The number of piperazine rings is 1. The van der Waals surface area contributed by atoms with Crippen LogP contribution >= 0.6 is 15.9 Å². The average molecular weight is 329 g/mol. The highest BCUT2D eigenvalue weighted by atomic mass is 79.9. The van der Waals surface area contributed by atoms with Gasteiger partial charge in [-0.2, -0.15) is 0 Å². The molecule has 1 aliphatic heterocycles. The molecule has 1 fully saturated rings. The first-order valence-electron chi connectivity index (χ1n) is 6.73. The van der Waals surface area contributed by atoms with Crippen LogP contribution in [0.1, 0.15) is 26.3 Å². The first-order chi connectivity index (χ1) is 8.79. The number of nitrogens with zero attached hydrogens (tertiary/aromatic N) is 1. The van der Waals surface area contributed by atoms with Crippen molar-refractivity contribution in [1.82, 2.24) is 5.32 Å². The van der Waals surface area contributed by atoms with Gasteiger partial charge in [0.25, 0.3) is 0 Å². The zero-order chi connectivity index (χ0) is 14.2. The van der Waals surface area contributed by atoms with Crippen molar-refractivity contribution in [3.05, 3.63) is 28.0 Å². The van der Waals surface area contributed by atoms with E-state index in [2.05, 4.69) is 46.9 Å². The number of benzene rings is 1. The van der Waals surface area contributed by atoms with Crippen LogP contribution in [-0.2, 0) is 0 Å². The molecule has 1 heterocycles. The van der Waals surface area contributed by atoms with Crippen LogP contribution in [-0.4, -0.2) is 25.7 Å². The van der Waals surface area contributed by atoms with E-state index >= 15 is 0 Å². The molecule has 1 unspecified atom stereocenters. The highest BCUT2D eigenvalue weighted by Crippen LogP contribution is 2.30. The van der Waals surface area contributed by atoms with Crippen molar-refractivity contribution < 1.29 is 4.39 Å². The third-order valence-electron chi connectivity index (χ3n) is 3.80. The lowest BCUT2D eigenvalue weighted by atomic mass is 9.85. The topological polar surface area (TPSA) is 15.3 Å². The summed E-state index contributed by atoms with van der Waals surface area (Å²) < 4.78 is 14.1. The maximum Gasteiger partial charge on any atom is 0.137 e. The second-order valence-corrected chi connectivity index (χ2v) is 7.23. The zero-order valence-corrected chi connectivity index (χ0v) is 13.6. The average Bonchev–Trinajstić information content (AvgIpc) is 2.33. The predicted molar refractivity (Wildman–Crippen MR) is 82.3 cm³/mol. The lowest BCUT2D eigenvalue weighted by molar-refractivity contribution is 0.254. The molecule has 1 aromatic carbocycles. The fraction of sp³-hybridized carbons (Fsp3) is 0.600. The first-order valence-corrected chi connectivity index (χ1v) is 7.52. The van der Waals surface area contributed by atoms with E-state index in [0.717, 1.165) is 30.9 Å². The quantitative estimate of drug-likeness (QED) is 0.845. The smallest absolute Gasteiger partial charge is 0.137 e. The van der Waals surface area contributed by atoms with Crippen molar-refractivity contribution in [1.29, 1.82) is 0 Å². The van der Waals surface area contributed by atoms with Crippen molar-refractivity contribution in [3.63, 3.8) is 0 Å². The summed E-state index contributed by atoms with van der Waals surface area (Å²) >= 11 is 3.28. The maximum atomic E-state index is 13.5. The minimum absolute atomic E-state index is 0.191. The van der Waals surface area contributed by atoms with Gasteiger partial charge in [0.15, 0.2) is 0 Å². The van der Waals surface area contributed by atoms with Gasteiger partial charge in [-0.05, 0) is 46.0 Å². The van der Waals surface area contributed by atoms with Crippen LogP contribution in [0.4, 0.5) is 10.1 Å². The van der Waals surface area contributed by atoms with Crippen molar-refractivity contribution >= 4 is 21.6 Å². The molecule has 1 aliphatic rings. The second kappa shape index (κ2) is 5.41. The van der Waals surface area contributed by atoms with Gasteiger partial charge < -0.3 is 10.2 Å². The van der Waals surface area contributed by atoms with Gasteiger partial charge >= 0.3 is 0 Å². The van der Waals surface area contributed by atoms with Gasteiger partial charge in [0, 0.05) is 31.4 Å². The van der Waals surface area contributed by atoms with Gasteiger partial charge in [0.05, 0.1) is 4.47 Å².